The fourth-order valence-electron chi connectivity index (χ4n) is 1.85. The van der Waals surface area contributed by atoms with Crippen LogP contribution in [0.2, 0.25) is 0 Å². The number of benzene rings is 1. The third kappa shape index (κ3) is 4.27. The van der Waals surface area contributed by atoms with Gasteiger partial charge in [-0.3, -0.25) is 9.59 Å². The number of aromatic nitrogens is 1. The van der Waals surface area contributed by atoms with Crippen molar-refractivity contribution in [2.45, 2.75) is 0 Å². The van der Waals surface area contributed by atoms with Gasteiger partial charge in [-0.05, 0) is 18.2 Å². The summed E-state index contributed by atoms with van der Waals surface area (Å²) in [6.45, 7) is 0.0868. The molecule has 120 valence electrons. The summed E-state index contributed by atoms with van der Waals surface area (Å²) in [7, 11) is 2.97. The van der Waals surface area contributed by atoms with E-state index in [0.717, 1.165) is 0 Å². The second kappa shape index (κ2) is 7.90. The van der Waals surface area contributed by atoms with Crippen molar-refractivity contribution in [1.29, 1.82) is 0 Å². The summed E-state index contributed by atoms with van der Waals surface area (Å²) in [5, 5.41) is 5.28. The molecule has 0 aliphatic rings. The molecule has 7 nitrogen and oxygen atoms in total. The second-order valence-electron chi connectivity index (χ2n) is 4.53. The molecule has 0 spiro atoms. The van der Waals surface area contributed by atoms with E-state index in [1.807, 2.05) is 0 Å². The molecule has 1 aromatic heterocycles. The van der Waals surface area contributed by atoms with Crippen LogP contribution in [0.25, 0.3) is 0 Å². The number of para-hydroxylation sites is 1. The van der Waals surface area contributed by atoms with Crippen LogP contribution < -0.4 is 15.4 Å². The number of nitrogens with one attached hydrogen (secondary N) is 2. The molecule has 0 atom stereocenters. The van der Waals surface area contributed by atoms with Crippen LogP contribution in [-0.2, 0) is 4.74 Å². The number of rotatable bonds is 6. The molecule has 2 N–H and O–H groups in total. The van der Waals surface area contributed by atoms with Gasteiger partial charge in [-0.25, -0.2) is 4.98 Å². The molecule has 2 rings (SSSR count). The quantitative estimate of drug-likeness (QED) is 0.792. The van der Waals surface area contributed by atoms with Crippen LogP contribution in [0.15, 0.2) is 42.6 Å². The van der Waals surface area contributed by atoms with E-state index in [9.17, 15) is 9.59 Å². The zero-order valence-corrected chi connectivity index (χ0v) is 12.8. The smallest absolute Gasteiger partial charge is 0.257 e. The number of carbonyl (C=O) groups excluding carboxylic acids is 2. The Morgan fingerprint density at radius 3 is 2.52 bits per heavy atom. The van der Waals surface area contributed by atoms with E-state index in [1.165, 1.54) is 20.4 Å². The third-order valence-corrected chi connectivity index (χ3v) is 3.00. The molecule has 7 heteroatoms. The van der Waals surface area contributed by atoms with Crippen LogP contribution >= 0.6 is 0 Å². The van der Waals surface area contributed by atoms with E-state index in [0.29, 0.717) is 22.7 Å². The van der Waals surface area contributed by atoms with Gasteiger partial charge in [-0.15, -0.1) is 0 Å². The lowest BCUT2D eigenvalue weighted by atomic mass is 10.1. The zero-order chi connectivity index (χ0) is 16.7. The predicted octanol–water partition coefficient (Wildman–Crippen LogP) is 1.68. The molecule has 1 aromatic carbocycles. The van der Waals surface area contributed by atoms with Crippen LogP contribution in [0.4, 0.5) is 5.69 Å². The van der Waals surface area contributed by atoms with Crippen LogP contribution in [0, 0.1) is 0 Å². The zero-order valence-electron chi connectivity index (χ0n) is 12.8. The highest BCUT2D eigenvalue weighted by atomic mass is 16.5. The minimum atomic E-state index is -0.368. The van der Waals surface area contributed by atoms with E-state index in [-0.39, 0.29) is 18.5 Å². The summed E-state index contributed by atoms with van der Waals surface area (Å²) in [6, 6.07) is 9.89. The highest BCUT2D eigenvalue weighted by molar-refractivity contribution is 6.08. The average Bonchev–Trinajstić information content (AvgIpc) is 2.60. The minimum absolute atomic E-state index is 0.0868. The van der Waals surface area contributed by atoms with Gasteiger partial charge in [0.1, 0.15) is 6.73 Å². The van der Waals surface area contributed by atoms with Gasteiger partial charge in [0.15, 0.2) is 0 Å². The van der Waals surface area contributed by atoms with Gasteiger partial charge in [0.25, 0.3) is 11.8 Å². The Bertz CT molecular complexity index is 686. The van der Waals surface area contributed by atoms with Crippen molar-refractivity contribution in [2.75, 3.05) is 26.3 Å². The van der Waals surface area contributed by atoms with Gasteiger partial charge in [0.05, 0.1) is 23.9 Å². The van der Waals surface area contributed by atoms with Crippen LogP contribution in [-0.4, -0.2) is 37.7 Å². The van der Waals surface area contributed by atoms with Gasteiger partial charge >= 0.3 is 0 Å². The molecule has 0 saturated carbocycles. The molecule has 2 aromatic rings. The monoisotopic (exact) mass is 315 g/mol. The molecule has 0 unspecified atom stereocenters. The molecule has 2 amide bonds. The van der Waals surface area contributed by atoms with E-state index >= 15 is 0 Å². The molecule has 1 heterocycles. The first-order chi connectivity index (χ1) is 11.2. The summed E-state index contributed by atoms with van der Waals surface area (Å²) in [5.74, 6) is -0.288. The average molecular weight is 315 g/mol. The number of pyridine rings is 1. The summed E-state index contributed by atoms with van der Waals surface area (Å²) >= 11 is 0. The number of carbonyl (C=O) groups is 2. The Kier molecular flexibility index (Phi) is 5.65. The number of anilines is 1. The summed E-state index contributed by atoms with van der Waals surface area (Å²) < 4.78 is 9.75. The number of methoxy groups -OCH3 is 2. The molecule has 0 radical (unpaired) electrons. The molecule has 0 bridgehead atoms. The van der Waals surface area contributed by atoms with Crippen molar-refractivity contribution in [3.05, 3.63) is 53.7 Å². The van der Waals surface area contributed by atoms with Crippen LogP contribution in [0.1, 0.15) is 20.7 Å². The van der Waals surface area contributed by atoms with Gasteiger partial charge in [-0.2, -0.15) is 0 Å². The summed E-state index contributed by atoms with van der Waals surface area (Å²) in [5.41, 5.74) is 1.11. The molecule has 0 saturated heterocycles. The Balaban J connectivity index is 2.15. The predicted molar refractivity (Wildman–Crippen MR) is 84.5 cm³/mol. The maximum Gasteiger partial charge on any atom is 0.257 e. The number of ether oxygens (including phenoxy) is 2. The second-order valence-corrected chi connectivity index (χ2v) is 4.53. The van der Waals surface area contributed by atoms with E-state index in [4.69, 9.17) is 9.47 Å². The van der Waals surface area contributed by atoms with Gasteiger partial charge < -0.3 is 20.1 Å². The molecule has 0 aliphatic heterocycles. The highest BCUT2D eigenvalue weighted by Crippen LogP contribution is 2.16. The van der Waals surface area contributed by atoms with Crippen molar-refractivity contribution in [1.82, 2.24) is 10.3 Å². The van der Waals surface area contributed by atoms with Gasteiger partial charge in [-0.1, -0.05) is 12.1 Å². The lowest BCUT2D eigenvalue weighted by Crippen LogP contribution is -2.26. The molecule has 0 aliphatic carbocycles. The van der Waals surface area contributed by atoms with Crippen molar-refractivity contribution in [2.24, 2.45) is 0 Å². The Hall–Kier alpha value is -2.93. The maximum absolute atomic E-state index is 12.3. The first-order valence-electron chi connectivity index (χ1n) is 6.83. The third-order valence-electron chi connectivity index (χ3n) is 3.00. The van der Waals surface area contributed by atoms with Crippen molar-refractivity contribution in [3.63, 3.8) is 0 Å². The van der Waals surface area contributed by atoms with Crippen molar-refractivity contribution in [3.8, 4) is 5.88 Å². The normalized spacial score (nSPS) is 10.0. The summed E-state index contributed by atoms with van der Waals surface area (Å²) in [6.07, 6.45) is 1.40. The minimum Gasteiger partial charge on any atom is -0.481 e. The fourth-order valence-corrected chi connectivity index (χ4v) is 1.85. The standard InChI is InChI=1S/C16H17N3O4/c1-22-10-18-16(21)12-5-3-4-6-13(12)19-15(20)11-7-8-14(23-2)17-9-11/h3-9H,10H2,1-2H3,(H,18,21)(H,19,20). The highest BCUT2D eigenvalue weighted by Gasteiger charge is 2.14. The Labute approximate surface area is 133 Å². The lowest BCUT2D eigenvalue weighted by Gasteiger charge is -2.11. The van der Waals surface area contributed by atoms with Crippen molar-refractivity contribution >= 4 is 17.5 Å². The fraction of sp³-hybridized carbons (Fsp3) is 0.188. The molecule has 23 heavy (non-hydrogen) atoms. The van der Waals surface area contributed by atoms with Gasteiger partial charge in [0, 0.05) is 19.4 Å². The topological polar surface area (TPSA) is 89.6 Å². The number of nitrogens with zero attached hydrogens (tertiary/aromatic N) is 1. The largest absolute Gasteiger partial charge is 0.481 e. The lowest BCUT2D eigenvalue weighted by molar-refractivity contribution is 0.0873. The van der Waals surface area contributed by atoms with Crippen molar-refractivity contribution < 1.29 is 19.1 Å². The number of amides is 2. The summed E-state index contributed by atoms with van der Waals surface area (Å²) in [4.78, 5) is 28.3. The maximum atomic E-state index is 12.3. The molecule has 0 fully saturated rings. The van der Waals surface area contributed by atoms with E-state index in [2.05, 4.69) is 15.6 Å². The van der Waals surface area contributed by atoms with E-state index in [1.54, 1.807) is 36.4 Å². The molecular weight excluding hydrogens is 298 g/mol. The first kappa shape index (κ1) is 16.4. The SMILES string of the molecule is COCNC(=O)c1ccccc1NC(=O)c1ccc(OC)nc1. The Morgan fingerprint density at radius 2 is 1.87 bits per heavy atom. The Morgan fingerprint density at radius 1 is 1.09 bits per heavy atom. The van der Waals surface area contributed by atoms with Gasteiger partial charge in [0.2, 0.25) is 5.88 Å². The van der Waals surface area contributed by atoms with E-state index < -0.39 is 0 Å². The molecular formula is C16H17N3O4. The van der Waals surface area contributed by atoms with Crippen LogP contribution in [0.3, 0.4) is 0 Å². The first-order valence-corrected chi connectivity index (χ1v) is 6.83. The number of hydrogen-bond acceptors (Lipinski definition) is 5. The number of hydrogen-bond donors (Lipinski definition) is 2. The van der Waals surface area contributed by atoms with Crippen LogP contribution in [0.5, 0.6) is 5.88 Å².